The van der Waals surface area contributed by atoms with Crippen molar-refractivity contribution in [2.75, 3.05) is 5.32 Å². The topological polar surface area (TPSA) is 98.1 Å². The Morgan fingerprint density at radius 3 is 2.88 bits per heavy atom. The van der Waals surface area contributed by atoms with E-state index in [4.69, 9.17) is 10.6 Å². The molecule has 0 saturated carbocycles. The number of aliphatic hydroxyl groups is 1. The number of azide groups is 1. The number of carbonyl (C=O) groups excluding carboxylic acids is 1. The molecule has 1 aromatic carbocycles. The average molecular weight is 236 g/mol. The molecule has 1 amide bonds. The molecule has 0 aliphatic carbocycles. The summed E-state index contributed by atoms with van der Waals surface area (Å²) in [5.74, 6) is -1.36. The van der Waals surface area contributed by atoms with Crippen molar-refractivity contribution < 1.29 is 14.3 Å². The smallest absolute Gasteiger partial charge is 0.257 e. The number of nitrogens with one attached hydrogen (secondary N) is 1. The van der Waals surface area contributed by atoms with Crippen molar-refractivity contribution in [2.45, 2.75) is 6.61 Å². The first-order valence-corrected chi connectivity index (χ1v) is 4.53. The maximum absolute atomic E-state index is 13.2. The van der Waals surface area contributed by atoms with E-state index < -0.39 is 18.3 Å². The molecule has 0 aliphatic heterocycles. The molecule has 1 aromatic rings. The van der Waals surface area contributed by atoms with Gasteiger partial charge in [0.05, 0.1) is 12.3 Å². The van der Waals surface area contributed by atoms with Gasteiger partial charge < -0.3 is 10.4 Å². The first kappa shape index (κ1) is 12.7. The molecule has 0 saturated heterocycles. The molecule has 7 heteroatoms. The van der Waals surface area contributed by atoms with Gasteiger partial charge in [-0.3, -0.25) is 4.79 Å². The van der Waals surface area contributed by atoms with Crippen molar-refractivity contribution in [1.82, 2.24) is 0 Å². The van der Waals surface area contributed by atoms with Crippen LogP contribution in [-0.2, 0) is 11.4 Å². The van der Waals surface area contributed by atoms with Crippen molar-refractivity contribution >= 4 is 11.6 Å². The molecule has 1 rings (SSSR count). The van der Waals surface area contributed by atoms with Gasteiger partial charge >= 0.3 is 0 Å². The number of aliphatic hydroxyl groups excluding tert-OH is 1. The number of rotatable bonds is 4. The van der Waals surface area contributed by atoms with E-state index in [-0.39, 0.29) is 16.9 Å². The summed E-state index contributed by atoms with van der Waals surface area (Å²) >= 11 is 0. The van der Waals surface area contributed by atoms with E-state index in [1.807, 2.05) is 0 Å². The van der Waals surface area contributed by atoms with E-state index >= 15 is 0 Å². The molecule has 88 valence electrons. The van der Waals surface area contributed by atoms with Gasteiger partial charge in [-0.25, -0.2) is 4.39 Å². The summed E-state index contributed by atoms with van der Waals surface area (Å²) in [6, 6.07) is 3.80. The fourth-order valence-corrected chi connectivity index (χ4v) is 1.06. The second-order valence-electron chi connectivity index (χ2n) is 3.05. The summed E-state index contributed by atoms with van der Waals surface area (Å²) in [5.41, 5.74) is 8.08. The Morgan fingerprint density at radius 2 is 2.35 bits per heavy atom. The van der Waals surface area contributed by atoms with E-state index in [9.17, 15) is 9.18 Å². The molecule has 0 spiro atoms. The highest BCUT2D eigenvalue weighted by Gasteiger charge is 2.07. The molecule has 2 N–H and O–H groups in total. The highest BCUT2D eigenvalue weighted by Crippen LogP contribution is 2.15. The van der Waals surface area contributed by atoms with Gasteiger partial charge in [0.2, 0.25) is 0 Å². The largest absolute Gasteiger partial charge is 0.392 e. The predicted octanol–water partition coefficient (Wildman–Crippen LogP) is 2.08. The Balaban J connectivity index is 2.82. The summed E-state index contributed by atoms with van der Waals surface area (Å²) in [4.78, 5) is 13.7. The molecule has 0 unspecified atom stereocenters. The van der Waals surface area contributed by atoms with Crippen LogP contribution < -0.4 is 5.32 Å². The summed E-state index contributed by atoms with van der Waals surface area (Å²) in [6.07, 6.45) is 0. The van der Waals surface area contributed by atoms with E-state index in [0.29, 0.717) is 0 Å². The van der Waals surface area contributed by atoms with Crippen molar-refractivity contribution in [3.05, 3.63) is 52.3 Å². The number of hydrogen-bond donors (Lipinski definition) is 2. The molecule has 0 fully saturated rings. The molecular formula is C10H9FN4O2. The average Bonchev–Trinajstić information content (AvgIpc) is 2.29. The molecule has 0 heterocycles. The van der Waals surface area contributed by atoms with Gasteiger partial charge in [-0.1, -0.05) is 17.8 Å². The number of benzene rings is 1. The molecule has 6 nitrogen and oxygen atoms in total. The molecular weight excluding hydrogens is 227 g/mol. The molecule has 17 heavy (non-hydrogen) atoms. The summed E-state index contributed by atoms with van der Waals surface area (Å²) in [5, 5.41) is 14.1. The number of amides is 1. The highest BCUT2D eigenvalue weighted by atomic mass is 19.1. The van der Waals surface area contributed by atoms with E-state index in [0.717, 1.165) is 6.07 Å². The van der Waals surface area contributed by atoms with Crippen LogP contribution in [0, 0.1) is 5.82 Å². The van der Waals surface area contributed by atoms with Crippen LogP contribution in [0.4, 0.5) is 10.1 Å². The summed E-state index contributed by atoms with van der Waals surface area (Å²) in [7, 11) is 0. The van der Waals surface area contributed by atoms with E-state index in [2.05, 4.69) is 21.9 Å². The van der Waals surface area contributed by atoms with Crippen LogP contribution in [-0.4, -0.2) is 11.0 Å². The van der Waals surface area contributed by atoms with E-state index in [1.165, 1.54) is 12.1 Å². The second-order valence-corrected chi connectivity index (χ2v) is 3.05. The zero-order valence-electron chi connectivity index (χ0n) is 8.72. The maximum atomic E-state index is 13.2. The Bertz CT molecular complexity index is 509. The fourth-order valence-electron chi connectivity index (χ4n) is 1.06. The van der Waals surface area contributed by atoms with Crippen LogP contribution in [0.3, 0.4) is 0 Å². The minimum absolute atomic E-state index is 0.122. The van der Waals surface area contributed by atoms with Gasteiger partial charge in [-0.15, -0.1) is 0 Å². The normalized spacial score (nSPS) is 9.29. The van der Waals surface area contributed by atoms with Crippen LogP contribution in [0.2, 0.25) is 0 Å². The molecule has 0 atom stereocenters. The Labute approximate surface area is 96.0 Å². The zero-order valence-corrected chi connectivity index (χ0v) is 8.72. The lowest BCUT2D eigenvalue weighted by atomic mass is 10.2. The first-order chi connectivity index (χ1) is 8.08. The number of carbonyl (C=O) groups is 1. The third-order valence-corrected chi connectivity index (χ3v) is 1.91. The fraction of sp³-hybridized carbons (Fsp3) is 0.100. The van der Waals surface area contributed by atoms with Crippen LogP contribution in [0.15, 0.2) is 35.6 Å². The summed E-state index contributed by atoms with van der Waals surface area (Å²) < 4.78 is 13.2. The first-order valence-electron chi connectivity index (χ1n) is 4.53. The van der Waals surface area contributed by atoms with Gasteiger partial charge in [-0.05, 0) is 17.7 Å². The Hall–Kier alpha value is -2.37. The van der Waals surface area contributed by atoms with Gasteiger partial charge in [0.25, 0.3) is 5.91 Å². The van der Waals surface area contributed by atoms with Crippen molar-refractivity contribution in [3.63, 3.8) is 0 Å². The zero-order chi connectivity index (χ0) is 12.8. The summed E-state index contributed by atoms with van der Waals surface area (Å²) in [6.45, 7) is 2.81. The minimum Gasteiger partial charge on any atom is -0.392 e. The van der Waals surface area contributed by atoms with Crippen LogP contribution in [0.5, 0.6) is 0 Å². The van der Waals surface area contributed by atoms with Crippen molar-refractivity contribution in [3.8, 4) is 0 Å². The third kappa shape index (κ3) is 3.30. The highest BCUT2D eigenvalue weighted by molar-refractivity contribution is 6.02. The van der Waals surface area contributed by atoms with Crippen molar-refractivity contribution in [2.24, 2.45) is 5.11 Å². The maximum Gasteiger partial charge on any atom is 0.257 e. The van der Waals surface area contributed by atoms with Gasteiger partial charge in [0, 0.05) is 16.2 Å². The van der Waals surface area contributed by atoms with Gasteiger partial charge in [0.15, 0.2) is 0 Å². The van der Waals surface area contributed by atoms with E-state index in [1.54, 1.807) is 0 Å². The lowest BCUT2D eigenvalue weighted by Crippen LogP contribution is -2.12. The monoisotopic (exact) mass is 236 g/mol. The van der Waals surface area contributed by atoms with Crippen LogP contribution >= 0.6 is 0 Å². The molecule has 0 radical (unpaired) electrons. The quantitative estimate of drug-likeness (QED) is 0.362. The number of nitrogens with zero attached hydrogens (tertiary/aromatic N) is 3. The Morgan fingerprint density at radius 1 is 1.65 bits per heavy atom. The van der Waals surface area contributed by atoms with Gasteiger partial charge in [0.1, 0.15) is 5.82 Å². The molecule has 0 bridgehead atoms. The lowest BCUT2D eigenvalue weighted by molar-refractivity contribution is -0.112. The lowest BCUT2D eigenvalue weighted by Gasteiger charge is -2.06. The minimum atomic E-state index is -0.723. The predicted molar refractivity (Wildman–Crippen MR) is 59.2 cm³/mol. The Kier molecular flexibility index (Phi) is 4.21. The third-order valence-electron chi connectivity index (χ3n) is 1.91. The van der Waals surface area contributed by atoms with Crippen molar-refractivity contribution in [1.29, 1.82) is 0 Å². The second kappa shape index (κ2) is 5.64. The molecule has 0 aliphatic rings. The number of anilines is 1. The number of hydrogen-bond acceptors (Lipinski definition) is 3. The standard InChI is InChI=1S/C10H9FN4O2/c1-6(14-15-12)10(17)13-8-3-2-7(5-16)9(11)4-8/h2-4,16H,1,5H2,(H,13,17). The van der Waals surface area contributed by atoms with Gasteiger partial charge in [-0.2, -0.15) is 0 Å². The number of halogens is 1. The SMILES string of the molecule is C=C(N=[N+]=[N-])C(=O)Nc1ccc(CO)c(F)c1. The van der Waals surface area contributed by atoms with Crippen LogP contribution in [0.25, 0.3) is 10.4 Å². The molecule has 0 aromatic heterocycles. The van der Waals surface area contributed by atoms with Crippen LogP contribution in [0.1, 0.15) is 5.56 Å².